The van der Waals surface area contributed by atoms with Gasteiger partial charge in [-0.05, 0) is 35.2 Å². The molecule has 3 fully saturated rings. The Labute approximate surface area is 162 Å². The van der Waals surface area contributed by atoms with Crippen molar-refractivity contribution in [3.63, 3.8) is 0 Å². The molecule has 0 unspecified atom stereocenters. The molecule has 2 atom stereocenters. The molecule has 4 rings (SSSR count). The second-order valence-electron chi connectivity index (χ2n) is 7.47. The lowest BCUT2D eigenvalue weighted by Crippen LogP contribution is -2.51. The number of hydrogen-bond acceptors (Lipinski definition) is 5. The smallest absolute Gasteiger partial charge is 0.410 e. The molecule has 27 heavy (non-hydrogen) atoms. The van der Waals surface area contributed by atoms with Crippen LogP contribution in [0.5, 0.6) is 0 Å². The summed E-state index contributed by atoms with van der Waals surface area (Å²) in [6, 6.07) is 2.01. The monoisotopic (exact) mass is 391 g/mol. The van der Waals surface area contributed by atoms with Crippen LogP contribution in [-0.2, 0) is 20.7 Å². The summed E-state index contributed by atoms with van der Waals surface area (Å²) in [5, 5.41) is 3.99. The third-order valence-electron chi connectivity index (χ3n) is 5.86. The van der Waals surface area contributed by atoms with E-state index in [-0.39, 0.29) is 36.1 Å². The van der Waals surface area contributed by atoms with E-state index in [2.05, 4.69) is 0 Å². The molecule has 1 aromatic heterocycles. The fourth-order valence-corrected chi connectivity index (χ4v) is 5.05. The normalized spacial score (nSPS) is 25.7. The van der Waals surface area contributed by atoms with Crippen LogP contribution in [0.15, 0.2) is 16.8 Å². The van der Waals surface area contributed by atoms with Gasteiger partial charge >= 0.3 is 6.09 Å². The quantitative estimate of drug-likeness (QED) is 0.784. The van der Waals surface area contributed by atoms with Crippen LogP contribution in [0.4, 0.5) is 4.79 Å². The maximum atomic E-state index is 12.5. The molecule has 3 aliphatic heterocycles. The van der Waals surface area contributed by atoms with E-state index in [9.17, 15) is 14.4 Å². The Kier molecular flexibility index (Phi) is 5.08. The van der Waals surface area contributed by atoms with Gasteiger partial charge in [-0.2, -0.15) is 11.3 Å². The molecule has 146 valence electrons. The number of thiophene rings is 1. The van der Waals surface area contributed by atoms with Crippen LogP contribution in [-0.4, -0.2) is 77.0 Å². The van der Waals surface area contributed by atoms with Crippen LogP contribution < -0.4 is 0 Å². The first kappa shape index (κ1) is 18.3. The Hall–Kier alpha value is -2.09. The maximum Gasteiger partial charge on any atom is 0.410 e. The molecular weight excluding hydrogens is 366 g/mol. The Morgan fingerprint density at radius 3 is 2.63 bits per heavy atom. The van der Waals surface area contributed by atoms with Crippen molar-refractivity contribution in [2.24, 2.45) is 0 Å². The minimum absolute atomic E-state index is 0.0499. The second-order valence-corrected chi connectivity index (χ2v) is 8.25. The molecule has 0 radical (unpaired) electrons. The van der Waals surface area contributed by atoms with Gasteiger partial charge in [0, 0.05) is 32.1 Å². The van der Waals surface area contributed by atoms with Crippen molar-refractivity contribution < 1.29 is 19.1 Å². The zero-order valence-electron chi connectivity index (χ0n) is 15.5. The molecule has 0 aliphatic carbocycles. The van der Waals surface area contributed by atoms with E-state index in [1.54, 1.807) is 16.2 Å². The third-order valence-corrected chi connectivity index (χ3v) is 6.59. The van der Waals surface area contributed by atoms with Gasteiger partial charge in [-0.25, -0.2) is 4.79 Å². The first-order valence-corrected chi connectivity index (χ1v) is 10.6. The standard InChI is InChI=1S/C19H25N3O4S/c1-2-17(23)21-10-15-16(11-21)26-19(25)22(15)14-3-6-20(7-4-14)18(24)9-13-5-8-27-12-13/h5,8,12,14-16H,2-4,6-7,9-11H2,1H3/t15-,16+/m1/s1. The molecule has 0 saturated carbocycles. The predicted octanol–water partition coefficient (Wildman–Crippen LogP) is 1.72. The number of likely N-dealkylation sites (tertiary alicyclic amines) is 2. The third kappa shape index (κ3) is 3.54. The fourth-order valence-electron chi connectivity index (χ4n) is 4.39. The van der Waals surface area contributed by atoms with Crippen LogP contribution >= 0.6 is 11.3 Å². The Morgan fingerprint density at radius 1 is 1.19 bits per heavy atom. The van der Waals surface area contributed by atoms with Crippen molar-refractivity contribution in [3.05, 3.63) is 22.4 Å². The summed E-state index contributed by atoms with van der Waals surface area (Å²) in [7, 11) is 0. The molecule has 0 spiro atoms. The Morgan fingerprint density at radius 2 is 1.96 bits per heavy atom. The summed E-state index contributed by atoms with van der Waals surface area (Å²) >= 11 is 1.60. The van der Waals surface area contributed by atoms with Gasteiger partial charge in [0.15, 0.2) is 0 Å². The van der Waals surface area contributed by atoms with Gasteiger partial charge in [0.1, 0.15) is 6.10 Å². The van der Waals surface area contributed by atoms with Gasteiger partial charge in [0.25, 0.3) is 0 Å². The molecule has 8 heteroatoms. The number of piperidine rings is 1. The lowest BCUT2D eigenvalue weighted by atomic mass is 10.0. The van der Waals surface area contributed by atoms with Gasteiger partial charge in [-0.3, -0.25) is 14.5 Å². The highest BCUT2D eigenvalue weighted by atomic mass is 32.1. The van der Waals surface area contributed by atoms with E-state index in [0.29, 0.717) is 39.0 Å². The van der Waals surface area contributed by atoms with Crippen molar-refractivity contribution in [1.82, 2.24) is 14.7 Å². The van der Waals surface area contributed by atoms with Gasteiger partial charge in [0.05, 0.1) is 19.0 Å². The summed E-state index contributed by atoms with van der Waals surface area (Å²) in [5.74, 6) is 0.253. The van der Waals surface area contributed by atoms with Crippen molar-refractivity contribution in [3.8, 4) is 0 Å². The average molecular weight is 391 g/mol. The maximum absolute atomic E-state index is 12.5. The summed E-state index contributed by atoms with van der Waals surface area (Å²) in [6.45, 7) is 4.22. The van der Waals surface area contributed by atoms with Gasteiger partial charge in [0.2, 0.25) is 11.8 Å². The predicted molar refractivity (Wildman–Crippen MR) is 100 cm³/mol. The molecule has 3 amide bonds. The molecule has 0 N–H and O–H groups in total. The van der Waals surface area contributed by atoms with Crippen LogP contribution in [0.1, 0.15) is 31.7 Å². The van der Waals surface area contributed by atoms with E-state index in [4.69, 9.17) is 4.74 Å². The fraction of sp³-hybridized carbons (Fsp3) is 0.632. The first-order valence-electron chi connectivity index (χ1n) is 9.62. The van der Waals surface area contributed by atoms with Crippen LogP contribution in [0.2, 0.25) is 0 Å². The molecule has 4 heterocycles. The Balaban J connectivity index is 1.34. The lowest BCUT2D eigenvalue weighted by Gasteiger charge is -2.37. The minimum Gasteiger partial charge on any atom is -0.442 e. The SMILES string of the molecule is CCC(=O)N1C[C@@H]2OC(=O)N(C3CCN(C(=O)Cc4ccsc4)CC3)[C@@H]2C1. The largest absolute Gasteiger partial charge is 0.442 e. The lowest BCUT2D eigenvalue weighted by molar-refractivity contribution is -0.132. The van der Waals surface area contributed by atoms with Crippen molar-refractivity contribution in [2.75, 3.05) is 26.2 Å². The number of rotatable bonds is 4. The van der Waals surface area contributed by atoms with E-state index in [1.165, 1.54) is 0 Å². The van der Waals surface area contributed by atoms with Crippen LogP contribution in [0.25, 0.3) is 0 Å². The first-order chi connectivity index (χ1) is 13.1. The van der Waals surface area contributed by atoms with Crippen LogP contribution in [0.3, 0.4) is 0 Å². The highest BCUT2D eigenvalue weighted by molar-refractivity contribution is 7.08. The van der Waals surface area contributed by atoms with E-state index in [0.717, 1.165) is 18.4 Å². The molecular formula is C19H25N3O4S. The molecule has 3 saturated heterocycles. The van der Waals surface area contributed by atoms with E-state index < -0.39 is 0 Å². The number of amides is 3. The zero-order valence-corrected chi connectivity index (χ0v) is 16.3. The molecule has 1 aromatic rings. The number of hydrogen-bond donors (Lipinski definition) is 0. The van der Waals surface area contributed by atoms with Crippen LogP contribution in [0, 0.1) is 0 Å². The minimum atomic E-state index is -0.267. The second kappa shape index (κ2) is 7.50. The van der Waals surface area contributed by atoms with Gasteiger partial charge < -0.3 is 14.5 Å². The topological polar surface area (TPSA) is 70.2 Å². The highest BCUT2D eigenvalue weighted by Gasteiger charge is 2.51. The highest BCUT2D eigenvalue weighted by Crippen LogP contribution is 2.32. The number of carbonyl (C=O) groups is 3. The zero-order chi connectivity index (χ0) is 19.0. The molecule has 0 bridgehead atoms. The average Bonchev–Trinajstić information content (AvgIpc) is 3.37. The van der Waals surface area contributed by atoms with Gasteiger partial charge in [-0.15, -0.1) is 0 Å². The number of fused-ring (bicyclic) bond motifs is 1. The van der Waals surface area contributed by atoms with E-state index >= 15 is 0 Å². The molecule has 0 aromatic carbocycles. The Bertz CT molecular complexity index is 715. The molecule has 7 nitrogen and oxygen atoms in total. The number of nitrogens with zero attached hydrogens (tertiary/aromatic N) is 3. The molecule has 3 aliphatic rings. The summed E-state index contributed by atoms with van der Waals surface area (Å²) in [5.41, 5.74) is 1.06. The summed E-state index contributed by atoms with van der Waals surface area (Å²) in [4.78, 5) is 42.4. The van der Waals surface area contributed by atoms with E-state index in [1.807, 2.05) is 33.6 Å². The summed E-state index contributed by atoms with van der Waals surface area (Å²) < 4.78 is 5.53. The number of carbonyl (C=O) groups excluding carboxylic acids is 3. The number of ether oxygens (including phenoxy) is 1. The summed E-state index contributed by atoms with van der Waals surface area (Å²) in [6.07, 6.45) is 1.95. The van der Waals surface area contributed by atoms with Crippen molar-refractivity contribution >= 4 is 29.2 Å². The van der Waals surface area contributed by atoms with Crippen molar-refractivity contribution in [2.45, 2.75) is 50.8 Å². The van der Waals surface area contributed by atoms with Gasteiger partial charge in [-0.1, -0.05) is 6.92 Å². The van der Waals surface area contributed by atoms with Crippen molar-refractivity contribution in [1.29, 1.82) is 0 Å².